The van der Waals surface area contributed by atoms with Crippen LogP contribution in [0.15, 0.2) is 103 Å². The summed E-state index contributed by atoms with van der Waals surface area (Å²) in [6, 6.07) is 19.0. The smallest absolute Gasteiger partial charge is 0.338 e. The minimum Gasteiger partial charge on any atom is -0.423 e. The molecule has 3 aromatic carbocycles. The van der Waals surface area contributed by atoms with Crippen molar-refractivity contribution >= 4 is 17.9 Å². The molecule has 190 valence electrons. The second-order valence-corrected chi connectivity index (χ2v) is 8.55. The van der Waals surface area contributed by atoms with Crippen molar-refractivity contribution in [1.82, 2.24) is 0 Å². The van der Waals surface area contributed by atoms with Crippen LogP contribution in [0.5, 0.6) is 17.2 Å². The first kappa shape index (κ1) is 27.4. The van der Waals surface area contributed by atoms with E-state index in [1.807, 2.05) is 24.3 Å². The Hall–Kier alpha value is -5.15. The Morgan fingerprint density at radius 3 is 1.29 bits per heavy atom. The maximum absolute atomic E-state index is 12.0. The predicted molar refractivity (Wildman–Crippen MR) is 146 cm³/mol. The van der Waals surface area contributed by atoms with Gasteiger partial charge < -0.3 is 14.2 Å². The van der Waals surface area contributed by atoms with Crippen molar-refractivity contribution in [3.63, 3.8) is 0 Å². The molecule has 3 rings (SSSR count). The van der Waals surface area contributed by atoms with Gasteiger partial charge in [-0.25, -0.2) is 14.4 Å². The van der Waals surface area contributed by atoms with E-state index in [9.17, 15) is 14.4 Å². The third kappa shape index (κ3) is 7.67. The van der Waals surface area contributed by atoms with Crippen molar-refractivity contribution in [3.8, 4) is 40.2 Å². The molecule has 0 atom stereocenters. The third-order valence-electron chi connectivity index (χ3n) is 4.98. The summed E-state index contributed by atoms with van der Waals surface area (Å²) in [4.78, 5) is 35.7. The van der Waals surface area contributed by atoms with E-state index in [-0.39, 0.29) is 22.6 Å². The van der Waals surface area contributed by atoms with Crippen LogP contribution in [0.1, 0.15) is 31.9 Å². The maximum Gasteiger partial charge on any atom is 0.338 e. The molecule has 0 spiro atoms. The van der Waals surface area contributed by atoms with Gasteiger partial charge in [-0.2, -0.15) is 0 Å². The van der Waals surface area contributed by atoms with Gasteiger partial charge in [0, 0.05) is 33.9 Å². The Bertz CT molecular complexity index is 1450. The van der Waals surface area contributed by atoms with Crippen LogP contribution in [0, 0.1) is 11.8 Å². The first-order chi connectivity index (χ1) is 18.0. The lowest BCUT2D eigenvalue weighted by molar-refractivity contribution is -0.131. The normalized spacial score (nSPS) is 9.87. The van der Waals surface area contributed by atoms with E-state index in [0.29, 0.717) is 16.9 Å². The minimum atomic E-state index is -0.591. The lowest BCUT2D eigenvalue weighted by Gasteiger charge is -2.11. The molecule has 0 fully saturated rings. The highest BCUT2D eigenvalue weighted by atomic mass is 16.5. The molecule has 0 aliphatic heterocycles. The standard InChI is InChI=1S/C32H26O6/c1-20(2)30(33)36-27-15-11-24(12-16-27)8-7-23-9-13-25(14-10-23)26-17-28(37-31(34)21(3)4)19-29(18-26)38-32(35)22(5)6/h9-19H,1,3,5H2,2,4,6H3. The second-order valence-electron chi connectivity index (χ2n) is 8.55. The van der Waals surface area contributed by atoms with E-state index < -0.39 is 17.9 Å². The summed E-state index contributed by atoms with van der Waals surface area (Å²) in [5.41, 5.74) is 3.77. The summed E-state index contributed by atoms with van der Waals surface area (Å²) >= 11 is 0. The molecule has 0 bridgehead atoms. The number of benzene rings is 3. The van der Waals surface area contributed by atoms with E-state index in [1.165, 1.54) is 6.07 Å². The van der Waals surface area contributed by atoms with Crippen LogP contribution < -0.4 is 14.2 Å². The van der Waals surface area contributed by atoms with E-state index in [1.54, 1.807) is 57.2 Å². The molecule has 0 aromatic heterocycles. The number of rotatable bonds is 7. The van der Waals surface area contributed by atoms with Gasteiger partial charge in [0.15, 0.2) is 0 Å². The fraction of sp³-hybridized carbons (Fsp3) is 0.0938. The molecule has 38 heavy (non-hydrogen) atoms. The van der Waals surface area contributed by atoms with Gasteiger partial charge in [0.2, 0.25) is 0 Å². The summed E-state index contributed by atoms with van der Waals surface area (Å²) in [5.74, 6) is 5.32. The van der Waals surface area contributed by atoms with Crippen LogP contribution in [-0.4, -0.2) is 17.9 Å². The topological polar surface area (TPSA) is 78.9 Å². The first-order valence-electron chi connectivity index (χ1n) is 11.5. The van der Waals surface area contributed by atoms with E-state index in [2.05, 4.69) is 31.6 Å². The van der Waals surface area contributed by atoms with Crippen LogP contribution >= 0.6 is 0 Å². The van der Waals surface area contributed by atoms with Gasteiger partial charge in [-0.3, -0.25) is 0 Å². The average molecular weight is 507 g/mol. The predicted octanol–water partition coefficient (Wildman–Crippen LogP) is 6.20. The fourth-order valence-corrected chi connectivity index (χ4v) is 2.94. The summed E-state index contributed by atoms with van der Waals surface area (Å²) in [6.45, 7) is 15.4. The zero-order valence-electron chi connectivity index (χ0n) is 21.4. The highest BCUT2D eigenvalue weighted by molar-refractivity contribution is 5.90. The Morgan fingerprint density at radius 1 is 0.526 bits per heavy atom. The van der Waals surface area contributed by atoms with Crippen molar-refractivity contribution < 1.29 is 28.6 Å². The van der Waals surface area contributed by atoms with Gasteiger partial charge in [0.1, 0.15) is 17.2 Å². The summed E-state index contributed by atoms with van der Waals surface area (Å²) in [7, 11) is 0. The van der Waals surface area contributed by atoms with Gasteiger partial charge in [-0.1, -0.05) is 43.7 Å². The highest BCUT2D eigenvalue weighted by Crippen LogP contribution is 2.31. The fourth-order valence-electron chi connectivity index (χ4n) is 2.94. The Morgan fingerprint density at radius 2 is 0.895 bits per heavy atom. The number of carbonyl (C=O) groups is 3. The number of ether oxygens (including phenoxy) is 3. The molecule has 0 saturated carbocycles. The molecule has 3 aromatic rings. The van der Waals surface area contributed by atoms with Crippen LogP contribution in [-0.2, 0) is 14.4 Å². The monoisotopic (exact) mass is 506 g/mol. The van der Waals surface area contributed by atoms with Gasteiger partial charge in [0.05, 0.1) is 0 Å². The molecule has 0 heterocycles. The molecule has 0 aliphatic carbocycles. The molecule has 0 radical (unpaired) electrons. The first-order valence-corrected chi connectivity index (χ1v) is 11.5. The molecule has 0 unspecified atom stereocenters. The van der Waals surface area contributed by atoms with Crippen LogP contribution in [0.3, 0.4) is 0 Å². The molecule has 0 N–H and O–H groups in total. The molecular formula is C32H26O6. The molecule has 0 amide bonds. The van der Waals surface area contributed by atoms with E-state index >= 15 is 0 Å². The largest absolute Gasteiger partial charge is 0.423 e. The number of carbonyl (C=O) groups excluding carboxylic acids is 3. The Labute approximate surface area is 221 Å². The number of esters is 3. The van der Waals surface area contributed by atoms with Crippen molar-refractivity contribution in [1.29, 1.82) is 0 Å². The van der Waals surface area contributed by atoms with Gasteiger partial charge in [-0.15, -0.1) is 0 Å². The zero-order chi connectivity index (χ0) is 27.8. The van der Waals surface area contributed by atoms with E-state index in [4.69, 9.17) is 14.2 Å². The number of hydrogen-bond acceptors (Lipinski definition) is 6. The summed E-state index contributed by atoms with van der Waals surface area (Å²) in [5, 5.41) is 0. The zero-order valence-corrected chi connectivity index (χ0v) is 21.4. The van der Waals surface area contributed by atoms with E-state index in [0.717, 1.165) is 16.7 Å². The van der Waals surface area contributed by atoms with Crippen molar-refractivity contribution in [2.24, 2.45) is 0 Å². The van der Waals surface area contributed by atoms with Crippen molar-refractivity contribution in [2.75, 3.05) is 0 Å². The molecule has 0 aliphatic rings. The Balaban J connectivity index is 1.82. The van der Waals surface area contributed by atoms with Crippen LogP contribution in [0.4, 0.5) is 0 Å². The Kier molecular flexibility index (Phi) is 8.81. The highest BCUT2D eigenvalue weighted by Gasteiger charge is 2.13. The quantitative estimate of drug-likeness (QED) is 0.164. The van der Waals surface area contributed by atoms with Gasteiger partial charge >= 0.3 is 17.9 Å². The third-order valence-corrected chi connectivity index (χ3v) is 4.98. The SMILES string of the molecule is C=C(C)C(=O)Oc1ccc(C#Cc2ccc(-c3cc(OC(=O)C(=C)C)cc(OC(=O)C(=C)C)c3)cc2)cc1. The maximum atomic E-state index is 12.0. The molecule has 0 saturated heterocycles. The summed E-state index contributed by atoms with van der Waals surface area (Å²) in [6.07, 6.45) is 0. The van der Waals surface area contributed by atoms with Crippen LogP contribution in [0.2, 0.25) is 0 Å². The van der Waals surface area contributed by atoms with Gasteiger partial charge in [-0.05, 0) is 80.4 Å². The average Bonchev–Trinajstić information content (AvgIpc) is 2.88. The van der Waals surface area contributed by atoms with Crippen molar-refractivity contribution in [2.45, 2.75) is 20.8 Å². The van der Waals surface area contributed by atoms with Gasteiger partial charge in [0.25, 0.3) is 0 Å². The minimum absolute atomic E-state index is 0.210. The lowest BCUT2D eigenvalue weighted by atomic mass is 10.0. The molecular weight excluding hydrogens is 480 g/mol. The second kappa shape index (κ2) is 12.2. The molecule has 6 nitrogen and oxygen atoms in total. The molecule has 6 heteroatoms. The lowest BCUT2D eigenvalue weighted by Crippen LogP contribution is -2.10. The van der Waals surface area contributed by atoms with Crippen LogP contribution in [0.25, 0.3) is 11.1 Å². The summed E-state index contributed by atoms with van der Waals surface area (Å²) < 4.78 is 15.9. The van der Waals surface area contributed by atoms with Crippen molar-refractivity contribution in [3.05, 3.63) is 114 Å². The number of hydrogen-bond donors (Lipinski definition) is 0.